The number of rotatable bonds is 2. The largest absolute Gasteiger partial charge is 0.345 e. The SMILES string of the molecule is CCN1c2ccccc2C(Cl)=C(C2OCCO2)S1(=O)=O. The summed E-state index contributed by atoms with van der Waals surface area (Å²) in [6.45, 7) is 2.82. The number of fused-ring (bicyclic) bond motifs is 1. The zero-order valence-electron chi connectivity index (χ0n) is 10.9. The van der Waals surface area contributed by atoms with E-state index in [-0.39, 0.29) is 9.94 Å². The molecule has 1 fully saturated rings. The highest BCUT2D eigenvalue weighted by atomic mass is 35.5. The van der Waals surface area contributed by atoms with Gasteiger partial charge in [0.05, 0.1) is 23.9 Å². The molecular formula is C13H14ClNO4S. The van der Waals surface area contributed by atoms with Crippen LogP contribution < -0.4 is 4.31 Å². The van der Waals surface area contributed by atoms with Gasteiger partial charge in [-0.05, 0) is 13.0 Å². The number of hydrogen-bond acceptors (Lipinski definition) is 4. The molecule has 1 aromatic rings. The molecule has 2 aliphatic rings. The molecule has 7 heteroatoms. The quantitative estimate of drug-likeness (QED) is 0.839. The molecule has 20 heavy (non-hydrogen) atoms. The highest BCUT2D eigenvalue weighted by Gasteiger charge is 2.42. The predicted molar refractivity (Wildman–Crippen MR) is 76.8 cm³/mol. The first-order chi connectivity index (χ1) is 9.57. The van der Waals surface area contributed by atoms with E-state index < -0.39 is 16.3 Å². The van der Waals surface area contributed by atoms with Crippen molar-refractivity contribution in [3.05, 3.63) is 34.7 Å². The first-order valence-corrected chi connectivity index (χ1v) is 8.14. The summed E-state index contributed by atoms with van der Waals surface area (Å²) >= 11 is 6.31. The summed E-state index contributed by atoms with van der Waals surface area (Å²) in [6.07, 6.45) is -0.921. The van der Waals surface area contributed by atoms with E-state index in [1.54, 1.807) is 25.1 Å². The van der Waals surface area contributed by atoms with Gasteiger partial charge in [0.15, 0.2) is 6.29 Å². The van der Waals surface area contributed by atoms with Crippen molar-refractivity contribution in [2.24, 2.45) is 0 Å². The summed E-state index contributed by atoms with van der Waals surface area (Å²) in [5.74, 6) is 0. The highest BCUT2D eigenvalue weighted by Crippen LogP contribution is 2.43. The predicted octanol–water partition coefficient (Wildman–Crippen LogP) is 2.14. The second kappa shape index (κ2) is 5.04. The van der Waals surface area contributed by atoms with Gasteiger partial charge in [-0.15, -0.1) is 0 Å². The lowest BCUT2D eigenvalue weighted by atomic mass is 10.1. The van der Waals surface area contributed by atoms with Gasteiger partial charge >= 0.3 is 0 Å². The number of benzene rings is 1. The first kappa shape index (κ1) is 13.9. The van der Waals surface area contributed by atoms with Crippen LogP contribution in [0.25, 0.3) is 5.03 Å². The van der Waals surface area contributed by atoms with Crippen LogP contribution in [0.4, 0.5) is 5.69 Å². The maximum atomic E-state index is 12.7. The minimum absolute atomic E-state index is 0.00258. The minimum atomic E-state index is -3.73. The Hall–Kier alpha value is -1.08. The molecule has 108 valence electrons. The molecule has 0 aliphatic carbocycles. The van der Waals surface area contributed by atoms with E-state index in [1.165, 1.54) is 4.31 Å². The van der Waals surface area contributed by atoms with Gasteiger partial charge in [-0.3, -0.25) is 4.31 Å². The lowest BCUT2D eigenvalue weighted by Gasteiger charge is -2.32. The average molecular weight is 316 g/mol. The summed E-state index contributed by atoms with van der Waals surface area (Å²) in [7, 11) is -3.73. The van der Waals surface area contributed by atoms with Crippen LogP contribution in [0.3, 0.4) is 0 Å². The zero-order chi connectivity index (χ0) is 14.3. The third kappa shape index (κ3) is 1.95. The van der Waals surface area contributed by atoms with Crippen LogP contribution in [0.2, 0.25) is 0 Å². The summed E-state index contributed by atoms with van der Waals surface area (Å²) in [6, 6.07) is 7.14. The van der Waals surface area contributed by atoms with Crippen molar-refractivity contribution in [3.63, 3.8) is 0 Å². The fraction of sp³-hybridized carbons (Fsp3) is 0.385. The number of ether oxygens (including phenoxy) is 2. The zero-order valence-corrected chi connectivity index (χ0v) is 12.4. The van der Waals surface area contributed by atoms with Crippen molar-refractivity contribution in [2.45, 2.75) is 13.2 Å². The summed E-state index contributed by atoms with van der Waals surface area (Å²) in [4.78, 5) is -0.00258. The number of hydrogen-bond donors (Lipinski definition) is 0. The van der Waals surface area contributed by atoms with Crippen LogP contribution in [0, 0.1) is 0 Å². The number of sulfonamides is 1. The minimum Gasteiger partial charge on any atom is -0.345 e. The van der Waals surface area contributed by atoms with Crippen molar-refractivity contribution >= 4 is 32.3 Å². The Kier molecular flexibility index (Phi) is 3.50. The van der Waals surface area contributed by atoms with E-state index in [2.05, 4.69) is 0 Å². The number of halogens is 1. The summed E-state index contributed by atoms with van der Waals surface area (Å²) < 4.78 is 37.5. The third-order valence-electron chi connectivity index (χ3n) is 3.32. The van der Waals surface area contributed by atoms with Gasteiger partial charge in [0.2, 0.25) is 0 Å². The van der Waals surface area contributed by atoms with Crippen LogP contribution in [-0.4, -0.2) is 34.5 Å². The molecule has 0 saturated carbocycles. The highest BCUT2D eigenvalue weighted by molar-refractivity contribution is 7.97. The fourth-order valence-corrected chi connectivity index (χ4v) is 4.70. The van der Waals surface area contributed by atoms with Gasteiger partial charge in [0.1, 0.15) is 4.91 Å². The summed E-state index contributed by atoms with van der Waals surface area (Å²) in [5, 5.41) is 0.178. The summed E-state index contributed by atoms with van der Waals surface area (Å²) in [5.41, 5.74) is 1.27. The first-order valence-electron chi connectivity index (χ1n) is 6.32. The van der Waals surface area contributed by atoms with E-state index in [1.807, 2.05) is 6.07 Å². The second-order valence-corrected chi connectivity index (χ2v) is 6.65. The molecule has 2 heterocycles. The smallest absolute Gasteiger partial charge is 0.267 e. The van der Waals surface area contributed by atoms with E-state index in [9.17, 15) is 8.42 Å². The Morgan fingerprint density at radius 3 is 2.60 bits per heavy atom. The standard InChI is InChI=1S/C13H14ClNO4S/c1-2-15-10-6-4-3-5-9(10)11(14)12(20(15,16)17)13-18-7-8-19-13/h3-6,13H,2,7-8H2,1H3. The Balaban J connectivity index is 2.25. The Morgan fingerprint density at radius 1 is 1.30 bits per heavy atom. The molecule has 1 aromatic carbocycles. The molecular weight excluding hydrogens is 302 g/mol. The lowest BCUT2D eigenvalue weighted by molar-refractivity contribution is -0.00486. The van der Waals surface area contributed by atoms with E-state index >= 15 is 0 Å². The molecule has 0 radical (unpaired) electrons. The average Bonchev–Trinajstić information content (AvgIpc) is 2.92. The molecule has 0 unspecified atom stereocenters. The van der Waals surface area contributed by atoms with Crippen LogP contribution in [-0.2, 0) is 19.5 Å². The number of nitrogens with zero attached hydrogens (tertiary/aromatic N) is 1. The molecule has 5 nitrogen and oxygen atoms in total. The van der Waals surface area contributed by atoms with Gasteiger partial charge in [-0.1, -0.05) is 29.8 Å². The molecule has 0 spiro atoms. The van der Waals surface area contributed by atoms with Crippen molar-refractivity contribution < 1.29 is 17.9 Å². The third-order valence-corrected chi connectivity index (χ3v) is 5.82. The van der Waals surface area contributed by atoms with Crippen LogP contribution in [0.5, 0.6) is 0 Å². The van der Waals surface area contributed by atoms with Crippen molar-refractivity contribution in [3.8, 4) is 0 Å². The van der Waals surface area contributed by atoms with E-state index in [4.69, 9.17) is 21.1 Å². The van der Waals surface area contributed by atoms with Crippen LogP contribution in [0.15, 0.2) is 29.2 Å². The van der Waals surface area contributed by atoms with Gasteiger partial charge in [-0.2, -0.15) is 0 Å². The van der Waals surface area contributed by atoms with Gasteiger partial charge in [0, 0.05) is 12.1 Å². The maximum absolute atomic E-state index is 12.7. The topological polar surface area (TPSA) is 55.8 Å². The van der Waals surface area contributed by atoms with Crippen molar-refractivity contribution in [1.29, 1.82) is 0 Å². The van der Waals surface area contributed by atoms with Crippen LogP contribution in [0.1, 0.15) is 12.5 Å². The molecule has 1 saturated heterocycles. The number of anilines is 1. The molecule has 0 amide bonds. The lowest BCUT2D eigenvalue weighted by Crippen LogP contribution is -2.38. The molecule has 3 rings (SSSR count). The van der Waals surface area contributed by atoms with Gasteiger partial charge < -0.3 is 9.47 Å². The van der Waals surface area contributed by atoms with Gasteiger partial charge in [0.25, 0.3) is 10.0 Å². The maximum Gasteiger partial charge on any atom is 0.267 e. The van der Waals surface area contributed by atoms with E-state index in [0.29, 0.717) is 31.0 Å². The molecule has 0 N–H and O–H groups in total. The second-order valence-electron chi connectivity index (χ2n) is 4.44. The Bertz CT molecular complexity index is 665. The van der Waals surface area contributed by atoms with Crippen molar-refractivity contribution in [2.75, 3.05) is 24.1 Å². The van der Waals surface area contributed by atoms with Crippen molar-refractivity contribution in [1.82, 2.24) is 0 Å². The monoisotopic (exact) mass is 315 g/mol. The molecule has 0 aromatic heterocycles. The Labute approximate surface area is 122 Å². The number of para-hydroxylation sites is 1. The van der Waals surface area contributed by atoms with E-state index in [0.717, 1.165) is 0 Å². The molecule has 2 aliphatic heterocycles. The normalized spacial score (nSPS) is 22.2. The Morgan fingerprint density at radius 2 is 1.95 bits per heavy atom. The molecule has 0 bridgehead atoms. The van der Waals surface area contributed by atoms with Crippen LogP contribution >= 0.6 is 11.6 Å². The molecule has 0 atom stereocenters. The fourth-order valence-electron chi connectivity index (χ4n) is 2.45. The van der Waals surface area contributed by atoms with Gasteiger partial charge in [-0.25, -0.2) is 8.42 Å².